The molecule has 6 nitrogen and oxygen atoms in total. The van der Waals surface area contributed by atoms with Crippen molar-refractivity contribution in [2.45, 2.75) is 18.7 Å². The van der Waals surface area contributed by atoms with Crippen LogP contribution in [0.25, 0.3) is 0 Å². The standard InChI is InChI=1S/C14H24N2O4S/c1-11-5-6-13(15)14(12(11)2)21(17,18)16(7-9-19-3)8-10-20-4/h5-6H,7-10,15H2,1-4H3. The number of hydrogen-bond donors (Lipinski definition) is 1. The summed E-state index contributed by atoms with van der Waals surface area (Å²) < 4.78 is 37.1. The van der Waals surface area contributed by atoms with Crippen molar-refractivity contribution in [1.29, 1.82) is 0 Å². The van der Waals surface area contributed by atoms with E-state index in [1.54, 1.807) is 13.0 Å². The lowest BCUT2D eigenvalue weighted by Gasteiger charge is -2.24. The van der Waals surface area contributed by atoms with E-state index in [-0.39, 0.29) is 23.7 Å². The van der Waals surface area contributed by atoms with E-state index in [2.05, 4.69) is 0 Å². The van der Waals surface area contributed by atoms with Crippen molar-refractivity contribution < 1.29 is 17.9 Å². The summed E-state index contributed by atoms with van der Waals surface area (Å²) in [5.74, 6) is 0. The van der Waals surface area contributed by atoms with Crippen LogP contribution in [-0.2, 0) is 19.5 Å². The molecule has 0 heterocycles. The van der Waals surface area contributed by atoms with Gasteiger partial charge in [-0.2, -0.15) is 4.31 Å². The molecule has 120 valence electrons. The fraction of sp³-hybridized carbons (Fsp3) is 0.571. The van der Waals surface area contributed by atoms with Crippen molar-refractivity contribution in [1.82, 2.24) is 4.31 Å². The molecule has 2 N–H and O–H groups in total. The van der Waals surface area contributed by atoms with Gasteiger partial charge >= 0.3 is 0 Å². The van der Waals surface area contributed by atoms with E-state index in [0.29, 0.717) is 18.8 Å². The highest BCUT2D eigenvalue weighted by Crippen LogP contribution is 2.28. The molecule has 0 bridgehead atoms. The second kappa shape index (κ2) is 7.74. The van der Waals surface area contributed by atoms with Crippen molar-refractivity contribution in [2.75, 3.05) is 46.3 Å². The van der Waals surface area contributed by atoms with Crippen LogP contribution in [0.5, 0.6) is 0 Å². The molecule has 0 fully saturated rings. The monoisotopic (exact) mass is 316 g/mol. The summed E-state index contributed by atoms with van der Waals surface area (Å²) in [5, 5.41) is 0. The zero-order chi connectivity index (χ0) is 16.0. The van der Waals surface area contributed by atoms with E-state index in [1.807, 2.05) is 13.0 Å². The summed E-state index contributed by atoms with van der Waals surface area (Å²) in [7, 11) is -0.611. The van der Waals surface area contributed by atoms with Gasteiger partial charge in [0.1, 0.15) is 4.90 Å². The number of nitrogen functional groups attached to an aromatic ring is 1. The molecule has 0 amide bonds. The molecular weight excluding hydrogens is 292 g/mol. The topological polar surface area (TPSA) is 81.9 Å². The molecule has 0 radical (unpaired) electrons. The van der Waals surface area contributed by atoms with Gasteiger partial charge in [-0.3, -0.25) is 0 Å². The molecule has 1 aromatic carbocycles. The van der Waals surface area contributed by atoms with Gasteiger partial charge < -0.3 is 15.2 Å². The number of nitrogens with zero attached hydrogens (tertiary/aromatic N) is 1. The zero-order valence-electron chi connectivity index (χ0n) is 13.0. The molecule has 0 aliphatic rings. The fourth-order valence-corrected chi connectivity index (χ4v) is 3.82. The van der Waals surface area contributed by atoms with Gasteiger partial charge in [-0.25, -0.2) is 8.42 Å². The van der Waals surface area contributed by atoms with Gasteiger partial charge in [-0.05, 0) is 31.0 Å². The summed E-state index contributed by atoms with van der Waals surface area (Å²) in [4.78, 5) is 0.176. The van der Waals surface area contributed by atoms with Crippen molar-refractivity contribution in [3.63, 3.8) is 0 Å². The zero-order valence-corrected chi connectivity index (χ0v) is 13.9. The number of ether oxygens (including phenoxy) is 2. The summed E-state index contributed by atoms with van der Waals surface area (Å²) in [5.41, 5.74) is 7.73. The number of sulfonamides is 1. The lowest BCUT2D eigenvalue weighted by molar-refractivity contribution is 0.150. The Labute approximate surface area is 126 Å². The minimum atomic E-state index is -3.68. The first kappa shape index (κ1) is 17.9. The lowest BCUT2D eigenvalue weighted by Crippen LogP contribution is -2.37. The third kappa shape index (κ3) is 4.16. The molecule has 1 aromatic rings. The smallest absolute Gasteiger partial charge is 0.245 e. The highest BCUT2D eigenvalue weighted by Gasteiger charge is 2.28. The molecular formula is C14H24N2O4S. The van der Waals surface area contributed by atoms with Gasteiger partial charge in [0.05, 0.1) is 18.9 Å². The molecule has 1 rings (SSSR count). The van der Waals surface area contributed by atoms with Gasteiger partial charge in [0.15, 0.2) is 0 Å². The largest absolute Gasteiger partial charge is 0.398 e. The average molecular weight is 316 g/mol. The molecule has 0 saturated heterocycles. The van der Waals surface area contributed by atoms with Crippen LogP contribution in [0.2, 0.25) is 0 Å². The summed E-state index contributed by atoms with van der Waals surface area (Å²) >= 11 is 0. The van der Waals surface area contributed by atoms with Crippen LogP contribution in [0.15, 0.2) is 17.0 Å². The number of methoxy groups -OCH3 is 2. The van der Waals surface area contributed by atoms with E-state index in [4.69, 9.17) is 15.2 Å². The number of rotatable bonds is 8. The number of aryl methyl sites for hydroxylation is 1. The molecule has 0 spiro atoms. The normalized spacial score (nSPS) is 12.0. The number of benzene rings is 1. The SMILES string of the molecule is COCCN(CCOC)S(=O)(=O)c1c(N)ccc(C)c1C. The third-order valence-electron chi connectivity index (χ3n) is 3.39. The van der Waals surface area contributed by atoms with Crippen LogP contribution >= 0.6 is 0 Å². The van der Waals surface area contributed by atoms with Crippen LogP contribution in [0.1, 0.15) is 11.1 Å². The number of hydrogen-bond acceptors (Lipinski definition) is 5. The van der Waals surface area contributed by atoms with Gasteiger partial charge in [0.25, 0.3) is 0 Å². The molecule has 0 atom stereocenters. The van der Waals surface area contributed by atoms with Gasteiger partial charge in [-0.15, -0.1) is 0 Å². The van der Waals surface area contributed by atoms with Crippen LogP contribution in [0, 0.1) is 13.8 Å². The Morgan fingerprint density at radius 2 is 1.62 bits per heavy atom. The summed E-state index contributed by atoms with van der Waals surface area (Å²) in [6.45, 7) is 4.78. The molecule has 21 heavy (non-hydrogen) atoms. The molecule has 0 aliphatic heterocycles. The predicted molar refractivity (Wildman–Crippen MR) is 82.8 cm³/mol. The second-order valence-corrected chi connectivity index (χ2v) is 6.69. The van der Waals surface area contributed by atoms with E-state index < -0.39 is 10.0 Å². The van der Waals surface area contributed by atoms with Crippen molar-refractivity contribution in [2.24, 2.45) is 0 Å². The van der Waals surface area contributed by atoms with E-state index in [1.165, 1.54) is 18.5 Å². The Bertz CT molecular complexity index is 565. The highest BCUT2D eigenvalue weighted by atomic mass is 32.2. The van der Waals surface area contributed by atoms with E-state index >= 15 is 0 Å². The highest BCUT2D eigenvalue weighted by molar-refractivity contribution is 7.89. The second-order valence-electron chi connectivity index (χ2n) is 4.82. The Hall–Kier alpha value is -1.15. The quantitative estimate of drug-likeness (QED) is 0.728. The first-order valence-electron chi connectivity index (χ1n) is 6.70. The van der Waals surface area contributed by atoms with Crippen LogP contribution < -0.4 is 5.73 Å². The summed E-state index contributed by atoms with van der Waals surface area (Å²) in [6, 6.07) is 3.44. The van der Waals surface area contributed by atoms with E-state index in [0.717, 1.165) is 5.56 Å². The molecule has 0 aromatic heterocycles. The lowest BCUT2D eigenvalue weighted by atomic mass is 10.1. The Kier molecular flexibility index (Phi) is 6.60. The molecule has 7 heteroatoms. The van der Waals surface area contributed by atoms with Crippen molar-refractivity contribution in [3.8, 4) is 0 Å². The van der Waals surface area contributed by atoms with Crippen LogP contribution in [0.3, 0.4) is 0 Å². The fourth-order valence-electron chi connectivity index (χ4n) is 2.02. The first-order valence-corrected chi connectivity index (χ1v) is 8.14. The predicted octanol–water partition coefficient (Wildman–Crippen LogP) is 1.17. The molecule has 0 saturated carbocycles. The maximum atomic E-state index is 12.9. The minimum Gasteiger partial charge on any atom is -0.398 e. The maximum absolute atomic E-state index is 12.9. The number of nitrogens with two attached hydrogens (primary N) is 1. The van der Waals surface area contributed by atoms with Crippen molar-refractivity contribution >= 4 is 15.7 Å². The first-order chi connectivity index (χ1) is 9.86. The minimum absolute atomic E-state index is 0.176. The number of anilines is 1. The van der Waals surface area contributed by atoms with Gasteiger partial charge in [0.2, 0.25) is 10.0 Å². The van der Waals surface area contributed by atoms with Gasteiger partial charge in [-0.1, -0.05) is 6.07 Å². The third-order valence-corrected chi connectivity index (χ3v) is 5.50. The Balaban J connectivity index is 3.25. The van der Waals surface area contributed by atoms with Crippen molar-refractivity contribution in [3.05, 3.63) is 23.3 Å². The Morgan fingerprint density at radius 3 is 2.10 bits per heavy atom. The maximum Gasteiger partial charge on any atom is 0.245 e. The van der Waals surface area contributed by atoms with Crippen LogP contribution in [0.4, 0.5) is 5.69 Å². The van der Waals surface area contributed by atoms with Crippen LogP contribution in [-0.4, -0.2) is 53.2 Å². The van der Waals surface area contributed by atoms with E-state index in [9.17, 15) is 8.42 Å². The van der Waals surface area contributed by atoms with Gasteiger partial charge in [0, 0.05) is 27.3 Å². The summed E-state index contributed by atoms with van der Waals surface area (Å²) in [6.07, 6.45) is 0. The Morgan fingerprint density at radius 1 is 1.10 bits per heavy atom. The molecule has 0 aliphatic carbocycles. The molecule has 0 unspecified atom stereocenters. The average Bonchev–Trinajstić information content (AvgIpc) is 2.43.